The van der Waals surface area contributed by atoms with Crippen LogP contribution >= 0.6 is 22.9 Å². The molecule has 1 amide bonds. The zero-order chi connectivity index (χ0) is 16.3. The van der Waals surface area contributed by atoms with Crippen molar-refractivity contribution < 1.29 is 14.3 Å². The highest BCUT2D eigenvalue weighted by Gasteiger charge is 2.37. The molecule has 0 atom stereocenters. The van der Waals surface area contributed by atoms with Crippen molar-refractivity contribution in [2.24, 2.45) is 0 Å². The van der Waals surface area contributed by atoms with Crippen LogP contribution in [0, 0.1) is 0 Å². The fourth-order valence-corrected chi connectivity index (χ4v) is 3.96. The topological polar surface area (TPSA) is 47.6 Å². The molecule has 1 aliphatic heterocycles. The van der Waals surface area contributed by atoms with E-state index in [0.29, 0.717) is 29.5 Å². The standard InChI is InChI=1S/C17H18ClNO3S/c1-21-14-5-4-12(18)11-13(14)16(20)19-17(6-8-22-9-7-17)15-3-2-10-23-15/h2-5,10-11H,6-9H2,1H3,(H,19,20). The number of thiophene rings is 1. The summed E-state index contributed by atoms with van der Waals surface area (Å²) in [6.07, 6.45) is 1.50. The van der Waals surface area contributed by atoms with Crippen LogP contribution < -0.4 is 10.1 Å². The van der Waals surface area contributed by atoms with Crippen LogP contribution in [0.5, 0.6) is 5.75 Å². The lowest BCUT2D eigenvalue weighted by Gasteiger charge is -2.37. The maximum atomic E-state index is 12.9. The van der Waals surface area contributed by atoms with Crippen molar-refractivity contribution in [3.05, 3.63) is 51.2 Å². The minimum absolute atomic E-state index is 0.181. The van der Waals surface area contributed by atoms with Crippen molar-refractivity contribution in [3.63, 3.8) is 0 Å². The second kappa shape index (κ2) is 6.91. The van der Waals surface area contributed by atoms with E-state index in [2.05, 4.69) is 11.4 Å². The molecule has 1 fully saturated rings. The van der Waals surface area contributed by atoms with Crippen LogP contribution in [0.1, 0.15) is 28.1 Å². The zero-order valence-electron chi connectivity index (χ0n) is 12.8. The first-order chi connectivity index (χ1) is 11.1. The molecule has 4 nitrogen and oxygen atoms in total. The summed E-state index contributed by atoms with van der Waals surface area (Å²) < 4.78 is 10.8. The summed E-state index contributed by atoms with van der Waals surface area (Å²) in [5.41, 5.74) is 0.0547. The van der Waals surface area contributed by atoms with E-state index in [1.807, 2.05) is 11.4 Å². The molecule has 1 aromatic carbocycles. The number of methoxy groups -OCH3 is 1. The summed E-state index contributed by atoms with van der Waals surface area (Å²) in [6, 6.07) is 9.12. The van der Waals surface area contributed by atoms with E-state index >= 15 is 0 Å². The maximum Gasteiger partial charge on any atom is 0.255 e. The number of amides is 1. The van der Waals surface area contributed by atoms with Gasteiger partial charge in [0.25, 0.3) is 5.91 Å². The van der Waals surface area contributed by atoms with Gasteiger partial charge in [-0.1, -0.05) is 17.7 Å². The highest BCUT2D eigenvalue weighted by molar-refractivity contribution is 7.10. The van der Waals surface area contributed by atoms with E-state index in [1.54, 1.807) is 36.6 Å². The van der Waals surface area contributed by atoms with Crippen molar-refractivity contribution in [1.29, 1.82) is 0 Å². The van der Waals surface area contributed by atoms with Gasteiger partial charge in [0.05, 0.1) is 18.2 Å². The smallest absolute Gasteiger partial charge is 0.255 e. The van der Waals surface area contributed by atoms with Crippen molar-refractivity contribution >= 4 is 28.8 Å². The Morgan fingerprint density at radius 2 is 2.13 bits per heavy atom. The summed E-state index contributed by atoms with van der Waals surface area (Å²) in [7, 11) is 1.55. The van der Waals surface area contributed by atoms with E-state index in [9.17, 15) is 4.79 Å². The fraction of sp³-hybridized carbons (Fsp3) is 0.353. The molecular weight excluding hydrogens is 334 g/mol. The predicted molar refractivity (Wildman–Crippen MR) is 91.5 cm³/mol. The van der Waals surface area contributed by atoms with Crippen LogP contribution in [-0.4, -0.2) is 26.2 Å². The number of carbonyl (C=O) groups is 1. The molecule has 1 aromatic heterocycles. The van der Waals surface area contributed by atoms with Gasteiger partial charge in [-0.2, -0.15) is 0 Å². The van der Waals surface area contributed by atoms with Gasteiger partial charge in [-0.3, -0.25) is 4.79 Å². The number of halogens is 1. The quantitative estimate of drug-likeness (QED) is 0.910. The highest BCUT2D eigenvalue weighted by Crippen LogP contribution is 2.36. The van der Waals surface area contributed by atoms with Gasteiger partial charge in [0.1, 0.15) is 5.75 Å². The molecule has 6 heteroatoms. The first-order valence-electron chi connectivity index (χ1n) is 7.42. The molecular formula is C17H18ClNO3S. The molecule has 0 unspecified atom stereocenters. The van der Waals surface area contributed by atoms with Crippen molar-refractivity contribution in [2.75, 3.05) is 20.3 Å². The van der Waals surface area contributed by atoms with Crippen LogP contribution in [0.4, 0.5) is 0 Å². The van der Waals surface area contributed by atoms with Crippen LogP contribution in [0.3, 0.4) is 0 Å². The Bertz CT molecular complexity index is 681. The average Bonchev–Trinajstić information content (AvgIpc) is 3.11. The number of benzene rings is 1. The minimum atomic E-state index is -0.392. The first kappa shape index (κ1) is 16.3. The summed E-state index contributed by atoms with van der Waals surface area (Å²) in [6.45, 7) is 1.26. The predicted octanol–water partition coefficient (Wildman–Crippen LogP) is 3.85. The average molecular weight is 352 g/mol. The Morgan fingerprint density at radius 3 is 2.78 bits per heavy atom. The largest absolute Gasteiger partial charge is 0.496 e. The molecule has 0 radical (unpaired) electrons. The molecule has 0 aliphatic carbocycles. The molecule has 0 saturated carbocycles. The fourth-order valence-electron chi connectivity index (χ4n) is 2.85. The van der Waals surface area contributed by atoms with Gasteiger partial charge < -0.3 is 14.8 Å². The van der Waals surface area contributed by atoms with Crippen LogP contribution in [0.2, 0.25) is 5.02 Å². The molecule has 23 heavy (non-hydrogen) atoms. The number of carbonyl (C=O) groups excluding carboxylic acids is 1. The van der Waals surface area contributed by atoms with E-state index in [-0.39, 0.29) is 5.91 Å². The Balaban J connectivity index is 1.92. The van der Waals surface area contributed by atoms with Crippen LogP contribution in [0.15, 0.2) is 35.7 Å². The second-order valence-electron chi connectivity index (χ2n) is 5.47. The Kier molecular flexibility index (Phi) is 4.90. The van der Waals surface area contributed by atoms with Crippen LogP contribution in [-0.2, 0) is 10.3 Å². The second-order valence-corrected chi connectivity index (χ2v) is 6.85. The molecule has 1 saturated heterocycles. The van der Waals surface area contributed by atoms with Crippen molar-refractivity contribution in [1.82, 2.24) is 5.32 Å². The Hall–Kier alpha value is -1.56. The highest BCUT2D eigenvalue weighted by atomic mass is 35.5. The van der Waals surface area contributed by atoms with Gasteiger partial charge in [0.2, 0.25) is 0 Å². The van der Waals surface area contributed by atoms with E-state index < -0.39 is 5.54 Å². The Morgan fingerprint density at radius 1 is 1.35 bits per heavy atom. The zero-order valence-corrected chi connectivity index (χ0v) is 14.4. The SMILES string of the molecule is COc1ccc(Cl)cc1C(=O)NC1(c2cccs2)CCOCC1. The summed E-state index contributed by atoms with van der Waals surface area (Å²) in [5.74, 6) is 0.333. The van der Waals surface area contributed by atoms with E-state index in [4.69, 9.17) is 21.1 Å². The molecule has 2 aromatic rings. The summed E-state index contributed by atoms with van der Waals surface area (Å²) >= 11 is 7.69. The van der Waals surface area contributed by atoms with E-state index in [1.165, 1.54) is 0 Å². The first-order valence-corrected chi connectivity index (χ1v) is 8.68. The third kappa shape index (κ3) is 3.37. The summed E-state index contributed by atoms with van der Waals surface area (Å²) in [4.78, 5) is 14.0. The van der Waals surface area contributed by atoms with Gasteiger partial charge >= 0.3 is 0 Å². The monoisotopic (exact) mass is 351 g/mol. The third-order valence-electron chi connectivity index (χ3n) is 4.10. The lowest BCUT2D eigenvalue weighted by atomic mass is 9.88. The lowest BCUT2D eigenvalue weighted by molar-refractivity contribution is 0.0357. The van der Waals surface area contributed by atoms with Gasteiger partial charge in [-0.15, -0.1) is 11.3 Å². The number of rotatable bonds is 4. The van der Waals surface area contributed by atoms with Crippen molar-refractivity contribution in [2.45, 2.75) is 18.4 Å². The molecule has 3 rings (SSSR count). The molecule has 2 heterocycles. The van der Waals surface area contributed by atoms with Crippen LogP contribution in [0.25, 0.3) is 0 Å². The molecule has 1 aliphatic rings. The lowest BCUT2D eigenvalue weighted by Crippen LogP contribution is -2.49. The molecule has 0 bridgehead atoms. The van der Waals surface area contributed by atoms with Gasteiger partial charge in [0.15, 0.2) is 0 Å². The minimum Gasteiger partial charge on any atom is -0.496 e. The number of nitrogens with one attached hydrogen (secondary N) is 1. The summed E-state index contributed by atoms with van der Waals surface area (Å²) in [5, 5.41) is 5.74. The number of ether oxygens (including phenoxy) is 2. The van der Waals surface area contributed by atoms with E-state index in [0.717, 1.165) is 17.7 Å². The maximum absolute atomic E-state index is 12.9. The third-order valence-corrected chi connectivity index (χ3v) is 5.41. The van der Waals surface area contributed by atoms with Gasteiger partial charge in [-0.25, -0.2) is 0 Å². The Labute approximate surface area is 144 Å². The molecule has 0 spiro atoms. The van der Waals surface area contributed by atoms with Gasteiger partial charge in [0, 0.05) is 23.1 Å². The van der Waals surface area contributed by atoms with Gasteiger partial charge in [-0.05, 0) is 42.5 Å². The number of hydrogen-bond donors (Lipinski definition) is 1. The molecule has 122 valence electrons. The normalized spacial score (nSPS) is 16.8. The van der Waals surface area contributed by atoms with Crippen molar-refractivity contribution in [3.8, 4) is 5.75 Å². The molecule has 1 N–H and O–H groups in total. The number of hydrogen-bond acceptors (Lipinski definition) is 4.